The summed E-state index contributed by atoms with van der Waals surface area (Å²) in [7, 11) is -3.60. The van der Waals surface area contributed by atoms with Crippen LogP contribution in [-0.2, 0) is 21.2 Å². The van der Waals surface area contributed by atoms with Crippen molar-refractivity contribution in [1.29, 1.82) is 0 Å². The zero-order valence-corrected chi connectivity index (χ0v) is 20.2. The van der Waals surface area contributed by atoms with E-state index in [0.717, 1.165) is 0 Å². The van der Waals surface area contributed by atoms with Crippen LogP contribution < -0.4 is 9.62 Å². The zero-order valence-electron chi connectivity index (χ0n) is 17.8. The molecule has 4 rings (SSSR count). The maximum Gasteiger partial charge on any atom is 0.259 e. The number of anilines is 2. The summed E-state index contributed by atoms with van der Waals surface area (Å²) in [5, 5.41) is 3.27. The second-order valence-corrected chi connectivity index (χ2v) is 10.3. The molecule has 0 aromatic heterocycles. The Labute approximate surface area is 207 Å². The summed E-state index contributed by atoms with van der Waals surface area (Å²) in [6.07, 6.45) is 0.0794. The lowest BCUT2D eigenvalue weighted by molar-refractivity contribution is 0.0991. The third-order valence-electron chi connectivity index (χ3n) is 5.24. The van der Waals surface area contributed by atoms with Gasteiger partial charge in [0.05, 0.1) is 29.4 Å². The molecule has 176 valence electrons. The van der Waals surface area contributed by atoms with E-state index in [0.29, 0.717) is 27.5 Å². The van der Waals surface area contributed by atoms with E-state index in [-0.39, 0.29) is 35.9 Å². The second-order valence-electron chi connectivity index (χ2n) is 7.60. The number of amides is 1. The van der Waals surface area contributed by atoms with Gasteiger partial charge in [0.1, 0.15) is 0 Å². The molecule has 34 heavy (non-hydrogen) atoms. The van der Waals surface area contributed by atoms with E-state index in [2.05, 4.69) is 5.32 Å². The van der Waals surface area contributed by atoms with Crippen LogP contribution >= 0.6 is 23.2 Å². The molecule has 1 aliphatic heterocycles. The quantitative estimate of drug-likeness (QED) is 0.473. The first-order chi connectivity index (χ1) is 16.2. The molecule has 1 fully saturated rings. The van der Waals surface area contributed by atoms with Gasteiger partial charge < -0.3 is 10.1 Å². The minimum absolute atomic E-state index is 0.0794. The van der Waals surface area contributed by atoms with Gasteiger partial charge in [0, 0.05) is 22.7 Å². The Kier molecular flexibility index (Phi) is 7.23. The lowest BCUT2D eigenvalue weighted by Gasteiger charge is -2.28. The summed E-state index contributed by atoms with van der Waals surface area (Å²) in [6, 6.07) is 18.2. The summed E-state index contributed by atoms with van der Waals surface area (Å²) in [4.78, 5) is 25.4. The van der Waals surface area contributed by atoms with E-state index >= 15 is 0 Å². The molecular weight excluding hydrogens is 499 g/mol. The molecule has 0 bridgehead atoms. The molecule has 0 saturated carbocycles. The lowest BCUT2D eigenvalue weighted by Crippen LogP contribution is -2.41. The molecule has 1 heterocycles. The molecule has 1 N–H and O–H groups in total. The van der Waals surface area contributed by atoms with E-state index < -0.39 is 21.9 Å². The molecule has 0 aliphatic carbocycles. The first kappa shape index (κ1) is 24.2. The predicted molar refractivity (Wildman–Crippen MR) is 132 cm³/mol. The number of nitrogens with zero attached hydrogens (tertiary/aromatic N) is 1. The minimum atomic E-state index is -3.60. The van der Waals surface area contributed by atoms with Crippen LogP contribution in [0.4, 0.5) is 11.4 Å². The summed E-state index contributed by atoms with van der Waals surface area (Å²) in [5.74, 6) is -0.981. The highest BCUT2D eigenvalue weighted by atomic mass is 35.5. The summed E-state index contributed by atoms with van der Waals surface area (Å²) >= 11 is 12.6. The molecule has 0 spiro atoms. The summed E-state index contributed by atoms with van der Waals surface area (Å²) < 4.78 is 30.7. The van der Waals surface area contributed by atoms with Crippen molar-refractivity contribution < 1.29 is 22.7 Å². The molecular formula is C24H20Cl2N2O5S. The number of sulfonamides is 1. The van der Waals surface area contributed by atoms with Crippen LogP contribution in [0.3, 0.4) is 0 Å². The first-order valence-corrected chi connectivity index (χ1v) is 12.7. The third kappa shape index (κ3) is 5.42. The molecule has 1 aliphatic rings. The van der Waals surface area contributed by atoms with Crippen LogP contribution in [-0.4, -0.2) is 39.2 Å². The monoisotopic (exact) mass is 518 g/mol. The number of nitrogens with one attached hydrogen (secondary N) is 1. The van der Waals surface area contributed by atoms with Crippen molar-refractivity contribution in [3.8, 4) is 0 Å². The number of Topliss-reactive ketones (excluding diaryl/α,β-unsaturated/α-hetero) is 1. The lowest BCUT2D eigenvalue weighted by atomic mass is 10.0. The number of rotatable bonds is 6. The Balaban J connectivity index is 1.50. The normalized spacial score (nSPS) is 15.1. The van der Waals surface area contributed by atoms with E-state index in [1.54, 1.807) is 42.5 Å². The first-order valence-electron chi connectivity index (χ1n) is 10.3. The van der Waals surface area contributed by atoms with Crippen LogP contribution in [0.25, 0.3) is 0 Å². The maximum absolute atomic E-state index is 12.8. The van der Waals surface area contributed by atoms with Crippen LogP contribution in [0.15, 0.2) is 66.7 Å². The number of ketones is 1. The van der Waals surface area contributed by atoms with Gasteiger partial charge in [-0.25, -0.2) is 8.42 Å². The van der Waals surface area contributed by atoms with Crippen molar-refractivity contribution in [2.75, 3.05) is 28.7 Å². The summed E-state index contributed by atoms with van der Waals surface area (Å²) in [6.45, 7) is 0.435. The molecule has 7 nitrogen and oxygen atoms in total. The summed E-state index contributed by atoms with van der Waals surface area (Å²) in [5.41, 5.74) is 2.13. The van der Waals surface area contributed by atoms with Crippen molar-refractivity contribution >= 4 is 56.3 Å². The molecule has 3 aromatic rings. The highest BCUT2D eigenvalue weighted by Crippen LogP contribution is 2.28. The Bertz CT molecular complexity index is 1350. The highest BCUT2D eigenvalue weighted by Gasteiger charge is 2.27. The fourth-order valence-electron chi connectivity index (χ4n) is 3.53. The number of ether oxygens (including phenoxy) is 1. The van der Waals surface area contributed by atoms with E-state index in [1.165, 1.54) is 22.5 Å². The smallest absolute Gasteiger partial charge is 0.259 e. The average Bonchev–Trinajstić information content (AvgIpc) is 2.81. The van der Waals surface area contributed by atoms with Gasteiger partial charge in [-0.15, -0.1) is 0 Å². The Morgan fingerprint density at radius 3 is 2.44 bits per heavy atom. The zero-order chi connectivity index (χ0) is 24.3. The number of carbonyl (C=O) groups excluding carboxylic acids is 2. The van der Waals surface area contributed by atoms with E-state index in [9.17, 15) is 18.0 Å². The molecule has 0 unspecified atom stereocenters. The van der Waals surface area contributed by atoms with Crippen molar-refractivity contribution in [3.63, 3.8) is 0 Å². The molecule has 1 saturated heterocycles. The molecule has 1 amide bonds. The molecule has 10 heteroatoms. The number of hydrogen-bond acceptors (Lipinski definition) is 5. The van der Waals surface area contributed by atoms with Gasteiger partial charge in [-0.3, -0.25) is 13.9 Å². The van der Waals surface area contributed by atoms with Gasteiger partial charge in [0.15, 0.2) is 11.7 Å². The highest BCUT2D eigenvalue weighted by molar-refractivity contribution is 7.92. The molecule has 3 aromatic carbocycles. The van der Waals surface area contributed by atoms with E-state index in [4.69, 9.17) is 27.9 Å². The fraction of sp³-hybridized carbons (Fsp3) is 0.167. The standard InChI is InChI=1S/C24H20Cl2N2O5S/c25-21-9-6-18(12-17(21)13-23(29)16-4-2-1-3-5-16)27-24(30)20-8-7-19(14-22(20)26)28-10-11-33-15-34(28,31)32/h1-9,12,14H,10-11,13,15H2,(H,27,30). The van der Waals surface area contributed by atoms with E-state index in [1.807, 2.05) is 6.07 Å². The van der Waals surface area contributed by atoms with Gasteiger partial charge in [0.25, 0.3) is 15.9 Å². The van der Waals surface area contributed by atoms with Gasteiger partial charge in [0.2, 0.25) is 0 Å². The predicted octanol–water partition coefficient (Wildman–Crippen LogP) is 4.80. The van der Waals surface area contributed by atoms with Gasteiger partial charge in [-0.05, 0) is 42.0 Å². The Morgan fingerprint density at radius 1 is 0.971 bits per heavy atom. The number of hydrogen-bond donors (Lipinski definition) is 1. The van der Waals surface area contributed by atoms with Gasteiger partial charge >= 0.3 is 0 Å². The van der Waals surface area contributed by atoms with Crippen LogP contribution in [0, 0.1) is 0 Å². The average molecular weight is 519 g/mol. The number of carbonyl (C=O) groups is 2. The minimum Gasteiger partial charge on any atom is -0.362 e. The molecule has 0 atom stereocenters. The topological polar surface area (TPSA) is 92.8 Å². The fourth-order valence-corrected chi connectivity index (χ4v) is 5.22. The molecule has 0 radical (unpaired) electrons. The van der Waals surface area contributed by atoms with Crippen molar-refractivity contribution in [2.45, 2.75) is 6.42 Å². The Morgan fingerprint density at radius 2 is 1.74 bits per heavy atom. The van der Waals surface area contributed by atoms with Crippen LogP contribution in [0.1, 0.15) is 26.3 Å². The van der Waals surface area contributed by atoms with Crippen LogP contribution in [0.2, 0.25) is 10.0 Å². The largest absolute Gasteiger partial charge is 0.362 e. The van der Waals surface area contributed by atoms with Crippen molar-refractivity contribution in [3.05, 3.63) is 93.5 Å². The van der Waals surface area contributed by atoms with Crippen molar-refractivity contribution in [1.82, 2.24) is 0 Å². The number of halogens is 2. The van der Waals surface area contributed by atoms with Crippen LogP contribution in [0.5, 0.6) is 0 Å². The van der Waals surface area contributed by atoms with Crippen molar-refractivity contribution in [2.24, 2.45) is 0 Å². The Hall–Kier alpha value is -2.91. The maximum atomic E-state index is 12.8. The van der Waals surface area contributed by atoms with Gasteiger partial charge in [-0.2, -0.15) is 0 Å². The SMILES string of the molecule is O=C(Cc1cc(NC(=O)c2ccc(N3CCOCS3(=O)=O)cc2Cl)ccc1Cl)c1ccccc1. The third-order valence-corrected chi connectivity index (χ3v) is 7.45. The second kappa shape index (κ2) is 10.1. The number of benzene rings is 3. The van der Waals surface area contributed by atoms with Gasteiger partial charge in [-0.1, -0.05) is 53.5 Å².